The van der Waals surface area contributed by atoms with E-state index in [0.717, 1.165) is 42.9 Å². The van der Waals surface area contributed by atoms with Gasteiger partial charge < -0.3 is 15.2 Å². The standard InChI is InChI=1S/C17H23NO3S/c1-2-22-10-16(20)18-17(13-8-14(19)9-13)12-3-4-15-11(7-12)5-6-21-15/h3-4,7,13-14,17,19H,2,5-6,8-10H2,1H3,(H,18,20)/t13?,14?,17-/m1/s1. The summed E-state index contributed by atoms with van der Waals surface area (Å²) in [6.07, 6.45) is 2.24. The fraction of sp³-hybridized carbons (Fsp3) is 0.588. The Labute approximate surface area is 135 Å². The molecule has 22 heavy (non-hydrogen) atoms. The normalized spacial score (nSPS) is 24.1. The number of fused-ring (bicyclic) bond motifs is 1. The third kappa shape index (κ3) is 3.41. The third-order valence-corrected chi connectivity index (χ3v) is 5.32. The highest BCUT2D eigenvalue weighted by molar-refractivity contribution is 7.99. The van der Waals surface area contributed by atoms with Gasteiger partial charge in [-0.2, -0.15) is 11.8 Å². The van der Waals surface area contributed by atoms with Gasteiger partial charge in [-0.25, -0.2) is 0 Å². The summed E-state index contributed by atoms with van der Waals surface area (Å²) in [5, 5.41) is 12.8. The molecule has 1 heterocycles. The molecule has 2 aliphatic rings. The van der Waals surface area contributed by atoms with E-state index in [-0.39, 0.29) is 18.1 Å². The zero-order chi connectivity index (χ0) is 15.5. The molecule has 1 aromatic carbocycles. The molecule has 5 heteroatoms. The molecular formula is C17H23NO3S. The zero-order valence-corrected chi connectivity index (χ0v) is 13.7. The number of carbonyl (C=O) groups excluding carboxylic acids is 1. The van der Waals surface area contributed by atoms with E-state index >= 15 is 0 Å². The number of hydrogen-bond donors (Lipinski definition) is 2. The van der Waals surface area contributed by atoms with Crippen molar-refractivity contribution in [2.24, 2.45) is 5.92 Å². The molecule has 0 unspecified atom stereocenters. The molecule has 0 radical (unpaired) electrons. The molecule has 1 saturated carbocycles. The number of amides is 1. The van der Waals surface area contributed by atoms with Gasteiger partial charge in [0.05, 0.1) is 24.5 Å². The predicted octanol–water partition coefficient (Wildman–Crippen LogP) is 2.30. The second-order valence-electron chi connectivity index (χ2n) is 6.03. The Bertz CT molecular complexity index is 543. The zero-order valence-electron chi connectivity index (χ0n) is 12.9. The van der Waals surface area contributed by atoms with E-state index in [1.807, 2.05) is 12.1 Å². The summed E-state index contributed by atoms with van der Waals surface area (Å²) in [6.45, 7) is 2.79. The first-order chi connectivity index (χ1) is 10.7. The molecule has 0 bridgehead atoms. The van der Waals surface area contributed by atoms with Crippen LogP contribution in [-0.2, 0) is 11.2 Å². The van der Waals surface area contributed by atoms with Crippen LogP contribution in [0.3, 0.4) is 0 Å². The van der Waals surface area contributed by atoms with Gasteiger partial charge in [0.15, 0.2) is 0 Å². The number of hydrogen-bond acceptors (Lipinski definition) is 4. The Morgan fingerprint density at radius 1 is 1.50 bits per heavy atom. The van der Waals surface area contributed by atoms with Gasteiger partial charge in [0, 0.05) is 6.42 Å². The highest BCUT2D eigenvalue weighted by Crippen LogP contribution is 2.39. The third-order valence-electron chi connectivity index (χ3n) is 4.45. The molecule has 0 aromatic heterocycles. The number of thioether (sulfide) groups is 1. The molecule has 1 amide bonds. The van der Waals surface area contributed by atoms with Crippen LogP contribution >= 0.6 is 11.8 Å². The number of benzene rings is 1. The first-order valence-electron chi connectivity index (χ1n) is 7.98. The second-order valence-corrected chi connectivity index (χ2v) is 7.31. The van der Waals surface area contributed by atoms with E-state index < -0.39 is 0 Å². The van der Waals surface area contributed by atoms with Crippen molar-refractivity contribution in [2.75, 3.05) is 18.1 Å². The van der Waals surface area contributed by atoms with Crippen LogP contribution in [0.1, 0.15) is 36.9 Å². The molecule has 0 saturated heterocycles. The Kier molecular flexibility index (Phi) is 4.93. The monoisotopic (exact) mass is 321 g/mol. The van der Waals surface area contributed by atoms with Crippen LogP contribution < -0.4 is 10.1 Å². The minimum absolute atomic E-state index is 0.000689. The van der Waals surface area contributed by atoms with Crippen LogP contribution in [0.4, 0.5) is 0 Å². The van der Waals surface area contributed by atoms with Crippen LogP contribution in [0.15, 0.2) is 18.2 Å². The number of nitrogens with one attached hydrogen (secondary N) is 1. The van der Waals surface area contributed by atoms with Gasteiger partial charge in [-0.1, -0.05) is 13.0 Å². The first kappa shape index (κ1) is 15.7. The molecule has 3 rings (SSSR count). The Hall–Kier alpha value is -1.20. The molecule has 2 N–H and O–H groups in total. The summed E-state index contributed by atoms with van der Waals surface area (Å²) in [7, 11) is 0. The van der Waals surface area contributed by atoms with Crippen LogP contribution in [0.25, 0.3) is 0 Å². The summed E-state index contributed by atoms with van der Waals surface area (Å²) in [5.74, 6) is 2.80. The van der Waals surface area contributed by atoms with E-state index in [0.29, 0.717) is 11.7 Å². The summed E-state index contributed by atoms with van der Waals surface area (Å²) in [6, 6.07) is 6.21. The molecule has 1 aliphatic heterocycles. The van der Waals surface area contributed by atoms with Crippen LogP contribution in [0.5, 0.6) is 5.75 Å². The molecule has 0 spiro atoms. The maximum atomic E-state index is 12.1. The lowest BCUT2D eigenvalue weighted by molar-refractivity contribution is -0.120. The van der Waals surface area contributed by atoms with Gasteiger partial charge in [-0.15, -0.1) is 0 Å². The fourth-order valence-electron chi connectivity index (χ4n) is 3.19. The van der Waals surface area contributed by atoms with Crippen molar-refractivity contribution < 1.29 is 14.6 Å². The Morgan fingerprint density at radius 2 is 2.32 bits per heavy atom. The van der Waals surface area contributed by atoms with Crippen molar-refractivity contribution >= 4 is 17.7 Å². The number of rotatable bonds is 6. The van der Waals surface area contributed by atoms with E-state index in [9.17, 15) is 9.90 Å². The Balaban J connectivity index is 1.74. The van der Waals surface area contributed by atoms with Gasteiger partial charge in [-0.3, -0.25) is 4.79 Å². The highest BCUT2D eigenvalue weighted by Gasteiger charge is 2.36. The quantitative estimate of drug-likeness (QED) is 0.844. The van der Waals surface area contributed by atoms with Gasteiger partial charge in [-0.05, 0) is 47.8 Å². The lowest BCUT2D eigenvalue weighted by Gasteiger charge is -2.38. The van der Waals surface area contributed by atoms with Crippen molar-refractivity contribution in [2.45, 2.75) is 38.3 Å². The van der Waals surface area contributed by atoms with E-state index in [1.165, 1.54) is 5.56 Å². The van der Waals surface area contributed by atoms with Crippen molar-refractivity contribution in [1.29, 1.82) is 0 Å². The average Bonchev–Trinajstić information content (AvgIpc) is 2.95. The lowest BCUT2D eigenvalue weighted by Crippen LogP contribution is -2.42. The molecule has 1 atom stereocenters. The molecule has 120 valence electrons. The van der Waals surface area contributed by atoms with Crippen LogP contribution in [0, 0.1) is 5.92 Å². The van der Waals surface area contributed by atoms with Gasteiger partial charge in [0.2, 0.25) is 5.91 Å². The highest BCUT2D eigenvalue weighted by atomic mass is 32.2. The smallest absolute Gasteiger partial charge is 0.230 e. The van der Waals surface area contributed by atoms with E-state index in [2.05, 4.69) is 18.3 Å². The summed E-state index contributed by atoms with van der Waals surface area (Å²) in [4.78, 5) is 12.1. The maximum Gasteiger partial charge on any atom is 0.230 e. The lowest BCUT2D eigenvalue weighted by atomic mass is 9.75. The molecule has 1 aliphatic carbocycles. The van der Waals surface area contributed by atoms with Gasteiger partial charge in [0.1, 0.15) is 5.75 Å². The topological polar surface area (TPSA) is 58.6 Å². The van der Waals surface area contributed by atoms with Crippen molar-refractivity contribution in [3.63, 3.8) is 0 Å². The van der Waals surface area contributed by atoms with Crippen molar-refractivity contribution in [3.05, 3.63) is 29.3 Å². The molecule has 1 fully saturated rings. The SMILES string of the molecule is CCSCC(=O)N[C@H](c1ccc2c(c1)CCO2)C1CC(O)C1. The summed E-state index contributed by atoms with van der Waals surface area (Å²) < 4.78 is 5.55. The number of aliphatic hydroxyl groups excluding tert-OH is 1. The number of carbonyl (C=O) groups is 1. The molecular weight excluding hydrogens is 298 g/mol. The van der Waals surface area contributed by atoms with Gasteiger partial charge in [0.25, 0.3) is 0 Å². The molecule has 1 aromatic rings. The summed E-state index contributed by atoms with van der Waals surface area (Å²) in [5.41, 5.74) is 2.36. The largest absolute Gasteiger partial charge is 0.493 e. The average molecular weight is 321 g/mol. The first-order valence-corrected chi connectivity index (χ1v) is 9.13. The number of aliphatic hydroxyl groups is 1. The predicted molar refractivity (Wildman–Crippen MR) is 88.3 cm³/mol. The van der Waals surface area contributed by atoms with Crippen LogP contribution in [-0.4, -0.2) is 35.2 Å². The second kappa shape index (κ2) is 6.92. The molecule has 4 nitrogen and oxygen atoms in total. The maximum absolute atomic E-state index is 12.1. The van der Waals surface area contributed by atoms with Crippen molar-refractivity contribution in [3.8, 4) is 5.75 Å². The minimum atomic E-state index is -0.216. The Morgan fingerprint density at radius 3 is 3.05 bits per heavy atom. The van der Waals surface area contributed by atoms with E-state index in [4.69, 9.17) is 4.74 Å². The van der Waals surface area contributed by atoms with Crippen molar-refractivity contribution in [1.82, 2.24) is 5.32 Å². The van der Waals surface area contributed by atoms with E-state index in [1.54, 1.807) is 11.8 Å². The summed E-state index contributed by atoms with van der Waals surface area (Å²) >= 11 is 1.63. The van der Waals surface area contributed by atoms with Gasteiger partial charge >= 0.3 is 0 Å². The minimum Gasteiger partial charge on any atom is -0.493 e. The fourth-order valence-corrected chi connectivity index (χ4v) is 3.66. The number of ether oxygens (including phenoxy) is 1. The van der Waals surface area contributed by atoms with Crippen LogP contribution in [0.2, 0.25) is 0 Å².